The van der Waals surface area contributed by atoms with Crippen LogP contribution in [0, 0.1) is 6.92 Å². The highest BCUT2D eigenvalue weighted by Crippen LogP contribution is 2.28. The number of hydrogen-bond donors (Lipinski definition) is 2. The number of benzene rings is 1. The molecule has 7 nitrogen and oxygen atoms in total. The standard InChI is InChI=1S/C22H26N4O3S2/c1-13-10-18(26-29-13)24-20(28)14(2)30-12-19(27)25-21-23-17(11-31-21)15-6-8-16(9-7-15)22(3,4)5/h6-11,14H,12H2,1-5H3,(H,23,25,27)(H,24,26,28). The number of thioether (sulfide) groups is 1. The molecule has 0 saturated heterocycles. The average molecular weight is 459 g/mol. The molecule has 2 heterocycles. The van der Waals surface area contributed by atoms with Gasteiger partial charge in [0.25, 0.3) is 0 Å². The molecule has 2 aromatic heterocycles. The topological polar surface area (TPSA) is 97.1 Å². The second kappa shape index (κ2) is 9.65. The molecule has 0 bridgehead atoms. The van der Waals surface area contributed by atoms with E-state index in [4.69, 9.17) is 4.52 Å². The van der Waals surface area contributed by atoms with E-state index in [1.807, 2.05) is 17.5 Å². The number of anilines is 2. The van der Waals surface area contributed by atoms with Crippen LogP contribution in [0.25, 0.3) is 11.3 Å². The second-order valence-corrected chi connectivity index (χ2v) is 10.4. The fourth-order valence-electron chi connectivity index (χ4n) is 2.69. The van der Waals surface area contributed by atoms with E-state index in [0.29, 0.717) is 16.7 Å². The van der Waals surface area contributed by atoms with Crippen LogP contribution in [0.2, 0.25) is 0 Å². The van der Waals surface area contributed by atoms with E-state index in [-0.39, 0.29) is 23.0 Å². The summed E-state index contributed by atoms with van der Waals surface area (Å²) in [5.74, 6) is 0.683. The summed E-state index contributed by atoms with van der Waals surface area (Å²) in [7, 11) is 0. The lowest BCUT2D eigenvalue weighted by atomic mass is 9.86. The van der Waals surface area contributed by atoms with E-state index >= 15 is 0 Å². The summed E-state index contributed by atoms with van der Waals surface area (Å²) in [5, 5.41) is 11.2. The van der Waals surface area contributed by atoms with Crippen molar-refractivity contribution in [3.63, 3.8) is 0 Å². The monoisotopic (exact) mass is 458 g/mol. The van der Waals surface area contributed by atoms with Crippen molar-refractivity contribution in [3.8, 4) is 11.3 Å². The lowest BCUT2D eigenvalue weighted by Gasteiger charge is -2.18. The van der Waals surface area contributed by atoms with Crippen molar-refractivity contribution in [2.45, 2.75) is 45.3 Å². The minimum Gasteiger partial charge on any atom is -0.360 e. The predicted molar refractivity (Wildman–Crippen MR) is 127 cm³/mol. The Morgan fingerprint density at radius 2 is 1.90 bits per heavy atom. The number of thiazole rings is 1. The first-order valence-corrected chi connectivity index (χ1v) is 11.8. The van der Waals surface area contributed by atoms with Crippen molar-refractivity contribution < 1.29 is 14.1 Å². The van der Waals surface area contributed by atoms with Gasteiger partial charge < -0.3 is 15.2 Å². The van der Waals surface area contributed by atoms with Crippen molar-refractivity contribution >= 4 is 45.9 Å². The van der Waals surface area contributed by atoms with Gasteiger partial charge in [-0.1, -0.05) is 50.2 Å². The smallest absolute Gasteiger partial charge is 0.238 e. The number of aryl methyl sites for hydroxylation is 1. The van der Waals surface area contributed by atoms with Gasteiger partial charge in [-0.3, -0.25) is 9.59 Å². The number of rotatable bonds is 7. The molecule has 0 radical (unpaired) electrons. The van der Waals surface area contributed by atoms with Gasteiger partial charge in [-0.05, 0) is 24.8 Å². The molecule has 1 atom stereocenters. The maximum atomic E-state index is 12.3. The van der Waals surface area contributed by atoms with Crippen LogP contribution in [0.15, 0.2) is 40.2 Å². The zero-order chi connectivity index (χ0) is 22.6. The van der Waals surface area contributed by atoms with E-state index in [1.54, 1.807) is 19.9 Å². The summed E-state index contributed by atoms with van der Waals surface area (Å²) in [4.78, 5) is 29.0. The molecule has 0 aliphatic rings. The zero-order valence-corrected chi connectivity index (χ0v) is 19.8. The van der Waals surface area contributed by atoms with Gasteiger partial charge in [-0.15, -0.1) is 23.1 Å². The molecule has 0 spiro atoms. The second-order valence-electron chi connectivity index (χ2n) is 8.18. The average Bonchev–Trinajstić information content (AvgIpc) is 3.34. The quantitative estimate of drug-likeness (QED) is 0.511. The first-order valence-electron chi connectivity index (χ1n) is 9.84. The number of carbonyl (C=O) groups excluding carboxylic acids is 2. The fraction of sp³-hybridized carbons (Fsp3) is 0.364. The maximum absolute atomic E-state index is 12.3. The number of amides is 2. The lowest BCUT2D eigenvalue weighted by Crippen LogP contribution is -2.25. The third-order valence-corrected chi connectivity index (χ3v) is 6.41. The Morgan fingerprint density at radius 3 is 2.52 bits per heavy atom. The highest BCUT2D eigenvalue weighted by Gasteiger charge is 2.18. The molecule has 0 saturated carbocycles. The molecular weight excluding hydrogens is 432 g/mol. The highest BCUT2D eigenvalue weighted by molar-refractivity contribution is 8.01. The van der Waals surface area contributed by atoms with E-state index in [9.17, 15) is 9.59 Å². The zero-order valence-electron chi connectivity index (χ0n) is 18.2. The van der Waals surface area contributed by atoms with Gasteiger partial charge in [-0.25, -0.2) is 4.98 Å². The van der Waals surface area contributed by atoms with Crippen molar-refractivity contribution in [2.24, 2.45) is 0 Å². The lowest BCUT2D eigenvalue weighted by molar-refractivity contribution is -0.115. The van der Waals surface area contributed by atoms with Crippen LogP contribution in [-0.2, 0) is 15.0 Å². The van der Waals surface area contributed by atoms with Crippen LogP contribution < -0.4 is 10.6 Å². The van der Waals surface area contributed by atoms with Gasteiger partial charge in [0.2, 0.25) is 11.8 Å². The van der Waals surface area contributed by atoms with E-state index < -0.39 is 5.25 Å². The SMILES string of the molecule is Cc1cc(NC(=O)C(C)SCC(=O)Nc2nc(-c3ccc(C(C)(C)C)cc3)cs2)no1. The fourth-order valence-corrected chi connectivity index (χ4v) is 4.11. The predicted octanol–water partition coefficient (Wildman–Crippen LogP) is 5.10. The summed E-state index contributed by atoms with van der Waals surface area (Å²) < 4.78 is 4.92. The summed E-state index contributed by atoms with van der Waals surface area (Å²) >= 11 is 2.62. The summed E-state index contributed by atoms with van der Waals surface area (Å²) in [6.07, 6.45) is 0. The van der Waals surface area contributed by atoms with Crippen LogP contribution in [0.5, 0.6) is 0 Å². The molecule has 0 aliphatic heterocycles. The largest absolute Gasteiger partial charge is 0.360 e. The number of nitrogens with one attached hydrogen (secondary N) is 2. The summed E-state index contributed by atoms with van der Waals surface area (Å²) in [6, 6.07) is 9.95. The summed E-state index contributed by atoms with van der Waals surface area (Å²) in [6.45, 7) is 10.0. The molecule has 0 aliphatic carbocycles. The molecule has 3 aromatic rings. The van der Waals surface area contributed by atoms with Gasteiger partial charge >= 0.3 is 0 Å². The molecule has 2 amide bonds. The molecule has 9 heteroatoms. The van der Waals surface area contributed by atoms with Crippen LogP contribution in [-0.4, -0.2) is 33.0 Å². The Hall–Kier alpha value is -2.65. The van der Waals surface area contributed by atoms with Gasteiger partial charge in [0, 0.05) is 17.0 Å². The Balaban J connectivity index is 1.50. The van der Waals surface area contributed by atoms with Crippen molar-refractivity contribution in [1.29, 1.82) is 0 Å². The van der Waals surface area contributed by atoms with Gasteiger partial charge in [0.05, 0.1) is 16.7 Å². The first kappa shape index (κ1) is 23.0. The molecule has 1 unspecified atom stereocenters. The van der Waals surface area contributed by atoms with Crippen molar-refractivity contribution in [2.75, 3.05) is 16.4 Å². The van der Waals surface area contributed by atoms with Crippen LogP contribution >= 0.6 is 23.1 Å². The molecule has 31 heavy (non-hydrogen) atoms. The van der Waals surface area contributed by atoms with Crippen LogP contribution in [0.1, 0.15) is 39.0 Å². The Labute approximate surface area is 190 Å². The number of nitrogens with zero attached hydrogens (tertiary/aromatic N) is 2. The van der Waals surface area contributed by atoms with E-state index in [0.717, 1.165) is 11.3 Å². The molecule has 1 aromatic carbocycles. The molecule has 3 rings (SSSR count). The van der Waals surface area contributed by atoms with Crippen LogP contribution in [0.4, 0.5) is 10.9 Å². The van der Waals surface area contributed by atoms with E-state index in [2.05, 4.69) is 53.7 Å². The van der Waals surface area contributed by atoms with Gasteiger partial charge in [0.1, 0.15) is 5.76 Å². The molecule has 2 N–H and O–H groups in total. The number of carbonyl (C=O) groups is 2. The summed E-state index contributed by atoms with van der Waals surface area (Å²) in [5.41, 5.74) is 3.19. The third kappa shape index (κ3) is 6.41. The van der Waals surface area contributed by atoms with Gasteiger partial charge in [-0.2, -0.15) is 0 Å². The van der Waals surface area contributed by atoms with Crippen molar-refractivity contribution in [1.82, 2.24) is 10.1 Å². The van der Waals surface area contributed by atoms with Crippen LogP contribution in [0.3, 0.4) is 0 Å². The normalized spacial score (nSPS) is 12.4. The van der Waals surface area contributed by atoms with Gasteiger partial charge in [0.15, 0.2) is 10.9 Å². The van der Waals surface area contributed by atoms with E-state index in [1.165, 1.54) is 28.7 Å². The molecule has 0 fully saturated rings. The minimum atomic E-state index is -0.420. The minimum absolute atomic E-state index is 0.0967. The Kier molecular flexibility index (Phi) is 7.17. The van der Waals surface area contributed by atoms with Crippen molar-refractivity contribution in [3.05, 3.63) is 47.0 Å². The Morgan fingerprint density at radius 1 is 1.19 bits per heavy atom. The molecule has 164 valence electrons. The number of hydrogen-bond acceptors (Lipinski definition) is 7. The first-order chi connectivity index (χ1) is 14.6. The highest BCUT2D eigenvalue weighted by atomic mass is 32.2. The third-order valence-electron chi connectivity index (χ3n) is 4.51. The Bertz CT molecular complexity index is 1050. The molecular formula is C22H26N4O3S2. The maximum Gasteiger partial charge on any atom is 0.238 e. The number of aromatic nitrogens is 2.